The Balaban J connectivity index is 1.32. The molecule has 0 aliphatic carbocycles. The average molecular weight is 571 g/mol. The first-order valence-corrected chi connectivity index (χ1v) is 13.8. The second kappa shape index (κ2) is 11.0. The number of hydrogen-bond acceptors (Lipinski definition) is 7. The Kier molecular flexibility index (Phi) is 7.30. The molecule has 1 aliphatic rings. The van der Waals surface area contributed by atoms with Crippen molar-refractivity contribution >= 4 is 40.5 Å². The van der Waals surface area contributed by atoms with Gasteiger partial charge in [0.25, 0.3) is 0 Å². The minimum atomic E-state index is -0.399. The van der Waals surface area contributed by atoms with Crippen LogP contribution < -0.4 is 5.32 Å². The predicted octanol–water partition coefficient (Wildman–Crippen LogP) is 7.09. The molecule has 208 valence electrons. The van der Waals surface area contributed by atoms with Crippen LogP contribution in [0.5, 0.6) is 0 Å². The van der Waals surface area contributed by atoms with Gasteiger partial charge in [0.05, 0.1) is 11.1 Å². The van der Waals surface area contributed by atoms with Crippen LogP contribution in [-0.2, 0) is 6.54 Å². The fourth-order valence-electron chi connectivity index (χ4n) is 5.43. The lowest BCUT2D eigenvalue weighted by Crippen LogP contribution is -2.22. The number of benzene rings is 3. The second-order valence-electron chi connectivity index (χ2n) is 10.4. The molecule has 1 atom stereocenters. The highest BCUT2D eigenvalue weighted by Gasteiger charge is 2.22. The molecule has 2 aromatic heterocycles. The van der Waals surface area contributed by atoms with Crippen LogP contribution in [-0.4, -0.2) is 45.5 Å². The first-order chi connectivity index (χ1) is 19.8. The summed E-state index contributed by atoms with van der Waals surface area (Å²) in [6.45, 7) is 5.68. The van der Waals surface area contributed by atoms with Crippen molar-refractivity contribution in [1.82, 2.24) is 14.9 Å². The fraction of sp³-hybridized carbons (Fsp3) is 0.219. The van der Waals surface area contributed by atoms with Crippen LogP contribution in [0.1, 0.15) is 33.5 Å². The Morgan fingerprint density at radius 2 is 1.88 bits per heavy atom. The van der Waals surface area contributed by atoms with Gasteiger partial charge in [0.1, 0.15) is 11.8 Å². The number of carbonyl (C=O) groups is 1. The maximum Gasteiger partial charge on any atom is 0.227 e. The van der Waals surface area contributed by atoms with Crippen molar-refractivity contribution < 1.29 is 18.7 Å². The number of fused-ring (bicyclic) bond motifs is 1. The van der Waals surface area contributed by atoms with Crippen LogP contribution in [0.4, 0.5) is 15.9 Å². The molecule has 0 saturated carbocycles. The SMILES string of the molecule is Cc1c(Nc2nccc(CN3CC[C@@H](O)C3)c2F)cccc1-c1cccc(-c2nc3cc(C=O)cc(Cl)c3o2)c1C. The smallest absolute Gasteiger partial charge is 0.227 e. The Bertz CT molecular complexity index is 1790. The average Bonchev–Trinajstić information content (AvgIpc) is 3.58. The van der Waals surface area contributed by atoms with Gasteiger partial charge in [-0.2, -0.15) is 0 Å². The molecule has 3 heterocycles. The zero-order valence-corrected chi connectivity index (χ0v) is 23.4. The highest BCUT2D eigenvalue weighted by Crippen LogP contribution is 2.38. The molecule has 1 aliphatic heterocycles. The molecule has 1 saturated heterocycles. The van der Waals surface area contributed by atoms with Crippen molar-refractivity contribution in [2.45, 2.75) is 32.9 Å². The lowest BCUT2D eigenvalue weighted by atomic mass is 9.93. The number of oxazole rings is 1. The van der Waals surface area contributed by atoms with Crippen LogP contribution >= 0.6 is 11.6 Å². The number of aldehydes is 1. The summed E-state index contributed by atoms with van der Waals surface area (Å²) in [5.74, 6) is 0.167. The highest BCUT2D eigenvalue weighted by molar-refractivity contribution is 6.35. The number of rotatable bonds is 7. The van der Waals surface area contributed by atoms with Gasteiger partial charge in [-0.3, -0.25) is 9.69 Å². The maximum absolute atomic E-state index is 15.5. The van der Waals surface area contributed by atoms with Crippen molar-refractivity contribution in [3.63, 3.8) is 0 Å². The van der Waals surface area contributed by atoms with Gasteiger partial charge in [0.2, 0.25) is 5.89 Å². The largest absolute Gasteiger partial charge is 0.434 e. The Morgan fingerprint density at radius 3 is 2.63 bits per heavy atom. The van der Waals surface area contributed by atoms with E-state index in [0.29, 0.717) is 52.7 Å². The van der Waals surface area contributed by atoms with Crippen LogP contribution in [0.25, 0.3) is 33.7 Å². The lowest BCUT2D eigenvalue weighted by molar-refractivity contribution is 0.112. The number of likely N-dealkylation sites (tertiary alicyclic amines) is 1. The Hall–Kier alpha value is -4.11. The molecule has 9 heteroatoms. The first kappa shape index (κ1) is 27.1. The molecule has 0 bridgehead atoms. The molecule has 1 fully saturated rings. The number of aliphatic hydroxyl groups is 1. The van der Waals surface area contributed by atoms with E-state index in [-0.39, 0.29) is 11.9 Å². The summed E-state index contributed by atoms with van der Waals surface area (Å²) in [6.07, 6.45) is 2.67. The molecule has 0 amide bonds. The maximum atomic E-state index is 15.5. The van der Waals surface area contributed by atoms with Gasteiger partial charge in [0, 0.05) is 48.2 Å². The fourth-order valence-corrected chi connectivity index (χ4v) is 5.70. The zero-order chi connectivity index (χ0) is 28.7. The molecule has 6 rings (SSSR count). The molecule has 2 N–H and O–H groups in total. The van der Waals surface area contributed by atoms with Gasteiger partial charge >= 0.3 is 0 Å². The third kappa shape index (κ3) is 5.22. The highest BCUT2D eigenvalue weighted by atomic mass is 35.5. The summed E-state index contributed by atoms with van der Waals surface area (Å²) < 4.78 is 21.5. The Labute approximate surface area is 241 Å². The monoisotopic (exact) mass is 570 g/mol. The van der Waals surface area contributed by atoms with Gasteiger partial charge in [0.15, 0.2) is 17.2 Å². The number of hydrogen-bond donors (Lipinski definition) is 2. The van der Waals surface area contributed by atoms with E-state index in [9.17, 15) is 9.90 Å². The Morgan fingerprint density at radius 1 is 1.12 bits per heavy atom. The third-order valence-electron chi connectivity index (χ3n) is 7.66. The number of aliphatic hydroxyl groups excluding tert-OH is 1. The van der Waals surface area contributed by atoms with Gasteiger partial charge < -0.3 is 14.8 Å². The molecule has 7 nitrogen and oxygen atoms in total. The summed E-state index contributed by atoms with van der Waals surface area (Å²) in [5, 5.41) is 13.4. The number of β-amino-alcohol motifs (C(OH)–C–C–N with tert-alkyl or cyclic N) is 1. The predicted molar refractivity (Wildman–Crippen MR) is 158 cm³/mol. The van der Waals surface area contributed by atoms with Crippen molar-refractivity contribution in [3.8, 4) is 22.6 Å². The summed E-state index contributed by atoms with van der Waals surface area (Å²) in [6, 6.07) is 16.6. The summed E-state index contributed by atoms with van der Waals surface area (Å²) in [5.41, 5.74) is 7.26. The second-order valence-corrected chi connectivity index (χ2v) is 10.8. The number of nitrogens with zero attached hydrogens (tertiary/aromatic N) is 3. The molecule has 0 unspecified atom stereocenters. The third-order valence-corrected chi connectivity index (χ3v) is 7.94. The van der Waals surface area contributed by atoms with Gasteiger partial charge in [-0.05, 0) is 72.9 Å². The van der Waals surface area contributed by atoms with Crippen molar-refractivity contribution in [2.24, 2.45) is 0 Å². The van der Waals surface area contributed by atoms with Crippen molar-refractivity contribution in [2.75, 3.05) is 18.4 Å². The molecule has 41 heavy (non-hydrogen) atoms. The number of pyridine rings is 1. The molecular formula is C32H28ClFN4O3. The van der Waals surface area contributed by atoms with Crippen LogP contribution in [0.2, 0.25) is 5.02 Å². The van der Waals surface area contributed by atoms with E-state index >= 15 is 4.39 Å². The molecule has 5 aromatic rings. The number of anilines is 2. The molecular weight excluding hydrogens is 543 g/mol. The molecule has 0 radical (unpaired) electrons. The normalized spacial score (nSPS) is 15.5. The number of halogens is 2. The van der Waals surface area contributed by atoms with E-state index in [0.717, 1.165) is 46.3 Å². The first-order valence-electron chi connectivity index (χ1n) is 13.4. The molecule has 3 aromatic carbocycles. The number of nitrogens with one attached hydrogen (secondary N) is 1. The van der Waals surface area contributed by atoms with Gasteiger partial charge in [-0.15, -0.1) is 0 Å². The van der Waals surface area contributed by atoms with E-state index < -0.39 is 5.82 Å². The quantitative estimate of drug-likeness (QED) is 0.202. The van der Waals surface area contributed by atoms with E-state index in [1.165, 1.54) is 0 Å². The van der Waals surface area contributed by atoms with Crippen molar-refractivity contribution in [1.29, 1.82) is 0 Å². The minimum absolute atomic E-state index is 0.158. The lowest BCUT2D eigenvalue weighted by Gasteiger charge is -2.18. The standard InChI is InChI=1S/C32H28ClFN4O3/c1-18-23(5-3-7-25(18)32-37-28-14-20(17-39)13-26(33)30(28)41-32)24-6-4-8-27(19(24)2)36-31-29(34)21(9-11-35-31)15-38-12-10-22(40)16-38/h3-9,11,13-14,17,22,40H,10,12,15-16H2,1-2H3,(H,35,36)/t22-/m1/s1. The van der Waals surface area contributed by atoms with Gasteiger partial charge in [-0.25, -0.2) is 14.4 Å². The summed E-state index contributed by atoms with van der Waals surface area (Å²) in [7, 11) is 0. The van der Waals surface area contributed by atoms with Crippen LogP contribution in [0.3, 0.4) is 0 Å². The topological polar surface area (TPSA) is 91.5 Å². The van der Waals surface area contributed by atoms with E-state index in [4.69, 9.17) is 16.0 Å². The number of aromatic nitrogens is 2. The van der Waals surface area contributed by atoms with E-state index in [1.807, 2.05) is 55.1 Å². The van der Waals surface area contributed by atoms with Gasteiger partial charge in [-0.1, -0.05) is 35.9 Å². The summed E-state index contributed by atoms with van der Waals surface area (Å²) >= 11 is 6.34. The van der Waals surface area contributed by atoms with Crippen LogP contribution in [0, 0.1) is 19.7 Å². The van der Waals surface area contributed by atoms with E-state index in [2.05, 4.69) is 15.3 Å². The van der Waals surface area contributed by atoms with E-state index in [1.54, 1.807) is 24.4 Å². The van der Waals surface area contributed by atoms with Crippen molar-refractivity contribution in [3.05, 3.63) is 93.9 Å². The minimum Gasteiger partial charge on any atom is -0.434 e. The molecule has 0 spiro atoms. The summed E-state index contributed by atoms with van der Waals surface area (Å²) in [4.78, 5) is 22.2. The van der Waals surface area contributed by atoms with Crippen LogP contribution in [0.15, 0.2) is 65.2 Å². The zero-order valence-electron chi connectivity index (χ0n) is 22.6. The number of carbonyl (C=O) groups excluding carboxylic acids is 1.